The predicted molar refractivity (Wildman–Crippen MR) is 102 cm³/mol. The van der Waals surface area contributed by atoms with Gasteiger partial charge in [-0.25, -0.2) is 18.2 Å². The molecule has 2 aromatic heterocycles. The molecule has 0 fully saturated rings. The Hall–Kier alpha value is -2.17. The summed E-state index contributed by atoms with van der Waals surface area (Å²) in [7, 11) is -1.43. The third-order valence-corrected chi connectivity index (χ3v) is 6.45. The number of benzene rings is 1. The highest BCUT2D eigenvalue weighted by molar-refractivity contribution is 9.10. The maximum absolute atomic E-state index is 13.0. The lowest BCUT2D eigenvalue weighted by molar-refractivity contribution is 0.0607. The van der Waals surface area contributed by atoms with Crippen molar-refractivity contribution in [1.29, 1.82) is 0 Å². The van der Waals surface area contributed by atoms with Crippen LogP contribution in [0.2, 0.25) is 0 Å². The number of hydrogen-bond acceptors (Lipinski definition) is 7. The van der Waals surface area contributed by atoms with Crippen molar-refractivity contribution in [2.24, 2.45) is 0 Å². The van der Waals surface area contributed by atoms with Gasteiger partial charge in [0.25, 0.3) is 10.0 Å². The summed E-state index contributed by atoms with van der Waals surface area (Å²) in [6, 6.07) is 7.97. The SMILES string of the molecule is COC(=O)c1sc2ncccc2c1NS(=O)(=O)c1cc(Br)ccc1OC. The number of aromatic nitrogens is 1. The highest BCUT2D eigenvalue weighted by Gasteiger charge is 2.26. The van der Waals surface area contributed by atoms with Crippen LogP contribution in [-0.2, 0) is 14.8 Å². The number of hydrogen-bond donors (Lipinski definition) is 1. The van der Waals surface area contributed by atoms with Crippen LogP contribution in [0.5, 0.6) is 5.75 Å². The fourth-order valence-corrected chi connectivity index (χ4v) is 5.20. The third kappa shape index (κ3) is 3.39. The van der Waals surface area contributed by atoms with Crippen molar-refractivity contribution in [3.05, 3.63) is 45.9 Å². The molecular formula is C16H13BrN2O5S2. The molecule has 0 aliphatic heterocycles. The van der Waals surface area contributed by atoms with Crippen molar-refractivity contribution in [2.45, 2.75) is 4.90 Å². The van der Waals surface area contributed by atoms with Crippen LogP contribution in [0.25, 0.3) is 10.2 Å². The third-order valence-electron chi connectivity index (χ3n) is 3.49. The smallest absolute Gasteiger partial charge is 0.350 e. The van der Waals surface area contributed by atoms with E-state index in [1.165, 1.54) is 26.4 Å². The van der Waals surface area contributed by atoms with Crippen molar-refractivity contribution in [1.82, 2.24) is 4.98 Å². The normalized spacial score (nSPS) is 11.3. The number of esters is 1. The quantitative estimate of drug-likeness (QED) is 0.588. The first kappa shape index (κ1) is 18.6. The van der Waals surface area contributed by atoms with Crippen LogP contribution < -0.4 is 9.46 Å². The molecule has 7 nitrogen and oxygen atoms in total. The minimum absolute atomic E-state index is 0.0616. The first-order chi connectivity index (χ1) is 12.4. The number of thiophene rings is 1. The lowest BCUT2D eigenvalue weighted by Gasteiger charge is -2.12. The van der Waals surface area contributed by atoms with Gasteiger partial charge in [-0.3, -0.25) is 4.72 Å². The summed E-state index contributed by atoms with van der Waals surface area (Å²) in [5.74, 6) is -0.468. The van der Waals surface area contributed by atoms with Crippen LogP contribution in [0.15, 0.2) is 45.9 Å². The maximum Gasteiger partial charge on any atom is 0.350 e. The van der Waals surface area contributed by atoms with Gasteiger partial charge in [0.15, 0.2) is 0 Å². The first-order valence-corrected chi connectivity index (χ1v) is 10.3. The molecule has 0 bridgehead atoms. The molecule has 2 heterocycles. The molecule has 1 N–H and O–H groups in total. The van der Waals surface area contributed by atoms with Crippen molar-refractivity contribution in [3.8, 4) is 5.75 Å². The van der Waals surface area contributed by atoms with Crippen molar-refractivity contribution < 1.29 is 22.7 Å². The lowest BCUT2D eigenvalue weighted by Crippen LogP contribution is -2.16. The Labute approximate surface area is 162 Å². The zero-order valence-corrected chi connectivity index (χ0v) is 16.9. The number of carbonyl (C=O) groups excluding carboxylic acids is 1. The van der Waals surface area contributed by atoms with Crippen LogP contribution >= 0.6 is 27.3 Å². The van der Waals surface area contributed by atoms with Crippen LogP contribution in [0.1, 0.15) is 9.67 Å². The number of nitrogens with zero attached hydrogens (tertiary/aromatic N) is 1. The van der Waals surface area contributed by atoms with Crippen LogP contribution in [0.4, 0.5) is 5.69 Å². The van der Waals surface area contributed by atoms with Crippen LogP contribution in [0, 0.1) is 0 Å². The van der Waals surface area contributed by atoms with E-state index >= 15 is 0 Å². The highest BCUT2D eigenvalue weighted by atomic mass is 79.9. The van der Waals surface area contributed by atoms with Gasteiger partial charge >= 0.3 is 5.97 Å². The molecular weight excluding hydrogens is 444 g/mol. The molecule has 1 aromatic carbocycles. The number of methoxy groups -OCH3 is 2. The van der Waals surface area contributed by atoms with Gasteiger partial charge in [0.05, 0.1) is 19.9 Å². The zero-order valence-electron chi connectivity index (χ0n) is 13.6. The van der Waals surface area contributed by atoms with Gasteiger partial charge in [0, 0.05) is 16.1 Å². The summed E-state index contributed by atoms with van der Waals surface area (Å²) in [6.45, 7) is 0. The second kappa shape index (κ2) is 7.22. The van der Waals surface area contributed by atoms with Gasteiger partial charge in [-0.2, -0.15) is 0 Å². The molecule has 0 aliphatic carbocycles. The number of sulfonamides is 1. The molecule has 0 aliphatic rings. The molecule has 0 atom stereocenters. The molecule has 3 rings (SSSR count). The number of fused-ring (bicyclic) bond motifs is 1. The van der Waals surface area contributed by atoms with Crippen molar-refractivity contribution in [2.75, 3.05) is 18.9 Å². The molecule has 0 unspecified atom stereocenters. The Balaban J connectivity index is 2.17. The number of ether oxygens (including phenoxy) is 2. The number of pyridine rings is 1. The summed E-state index contributed by atoms with van der Waals surface area (Å²) in [6.07, 6.45) is 1.56. The largest absolute Gasteiger partial charge is 0.495 e. The maximum atomic E-state index is 13.0. The van der Waals surface area contributed by atoms with E-state index in [9.17, 15) is 13.2 Å². The minimum Gasteiger partial charge on any atom is -0.495 e. The molecule has 136 valence electrons. The summed E-state index contributed by atoms with van der Waals surface area (Å²) in [5, 5.41) is 0.510. The monoisotopic (exact) mass is 456 g/mol. The second-order valence-electron chi connectivity index (χ2n) is 5.05. The van der Waals surface area contributed by atoms with Gasteiger partial charge in [0.1, 0.15) is 20.4 Å². The Bertz CT molecular complexity index is 1100. The fourth-order valence-electron chi connectivity index (χ4n) is 2.32. The summed E-state index contributed by atoms with van der Waals surface area (Å²) in [5.41, 5.74) is 0.131. The molecule has 0 spiro atoms. The number of rotatable bonds is 5. The number of nitrogens with one attached hydrogen (secondary N) is 1. The Morgan fingerprint density at radius 1 is 1.27 bits per heavy atom. The van der Waals surface area contributed by atoms with E-state index in [0.717, 1.165) is 11.3 Å². The highest BCUT2D eigenvalue weighted by Crippen LogP contribution is 2.37. The van der Waals surface area contributed by atoms with Gasteiger partial charge in [-0.15, -0.1) is 11.3 Å². The average molecular weight is 457 g/mol. The number of carbonyl (C=O) groups is 1. The lowest BCUT2D eigenvalue weighted by atomic mass is 10.3. The molecule has 0 saturated heterocycles. The van der Waals surface area contributed by atoms with Crippen molar-refractivity contribution >= 4 is 59.2 Å². The molecule has 3 aromatic rings. The fraction of sp³-hybridized carbons (Fsp3) is 0.125. The average Bonchev–Trinajstić information content (AvgIpc) is 2.99. The van der Waals surface area contributed by atoms with Gasteiger partial charge in [-0.05, 0) is 30.3 Å². The van der Waals surface area contributed by atoms with E-state index in [0.29, 0.717) is 14.7 Å². The Morgan fingerprint density at radius 3 is 2.73 bits per heavy atom. The van der Waals surface area contributed by atoms with E-state index < -0.39 is 16.0 Å². The van der Waals surface area contributed by atoms with Gasteiger partial charge in [0.2, 0.25) is 0 Å². The standard InChI is InChI=1S/C16H13BrN2O5S2/c1-23-11-6-5-9(17)8-12(11)26(21,22)19-13-10-4-3-7-18-15(10)25-14(13)16(20)24-2/h3-8,19H,1-2H3. The molecule has 0 radical (unpaired) electrons. The summed E-state index contributed by atoms with van der Waals surface area (Å²) >= 11 is 4.31. The van der Waals surface area contributed by atoms with E-state index in [-0.39, 0.29) is 21.2 Å². The first-order valence-electron chi connectivity index (χ1n) is 7.19. The van der Waals surface area contributed by atoms with E-state index in [2.05, 4.69) is 25.6 Å². The summed E-state index contributed by atoms with van der Waals surface area (Å²) in [4.78, 5) is 16.9. The Morgan fingerprint density at radius 2 is 2.04 bits per heavy atom. The second-order valence-corrected chi connectivity index (χ2v) is 8.62. The molecule has 0 amide bonds. The molecule has 10 heteroatoms. The van der Waals surface area contributed by atoms with E-state index in [4.69, 9.17) is 9.47 Å². The number of anilines is 1. The van der Waals surface area contributed by atoms with Gasteiger partial charge in [-0.1, -0.05) is 15.9 Å². The van der Waals surface area contributed by atoms with E-state index in [1.54, 1.807) is 24.4 Å². The predicted octanol–water partition coefficient (Wildman–Crippen LogP) is 3.65. The van der Waals surface area contributed by atoms with Crippen LogP contribution in [-0.4, -0.2) is 33.6 Å². The zero-order chi connectivity index (χ0) is 18.9. The minimum atomic E-state index is -4.04. The number of halogens is 1. The van der Waals surface area contributed by atoms with Gasteiger partial charge < -0.3 is 9.47 Å². The van der Waals surface area contributed by atoms with E-state index in [1.807, 2.05) is 0 Å². The van der Waals surface area contributed by atoms with Crippen molar-refractivity contribution in [3.63, 3.8) is 0 Å². The summed E-state index contributed by atoms with van der Waals surface area (Å²) < 4.78 is 38.9. The Kier molecular flexibility index (Phi) is 5.17. The molecule has 0 saturated carbocycles. The topological polar surface area (TPSA) is 94.6 Å². The van der Waals surface area contributed by atoms with Crippen LogP contribution in [0.3, 0.4) is 0 Å². The molecule has 26 heavy (non-hydrogen) atoms.